The number of aromatic nitrogens is 1. The molecule has 3 heterocycles. The third-order valence-corrected chi connectivity index (χ3v) is 4.46. The molecule has 0 bridgehead atoms. The van der Waals surface area contributed by atoms with Crippen LogP contribution in [0.15, 0.2) is 24.4 Å². The van der Waals surface area contributed by atoms with Crippen molar-refractivity contribution in [3.8, 4) is 0 Å². The van der Waals surface area contributed by atoms with E-state index in [0.717, 1.165) is 16.1 Å². The van der Waals surface area contributed by atoms with E-state index in [1.54, 1.807) is 4.90 Å². The van der Waals surface area contributed by atoms with Crippen LogP contribution in [0.1, 0.15) is 25.8 Å². The highest BCUT2D eigenvalue weighted by Crippen LogP contribution is 2.24. The van der Waals surface area contributed by atoms with Crippen LogP contribution in [0.4, 0.5) is 5.69 Å². The second-order valence-electron chi connectivity index (χ2n) is 4.94. The van der Waals surface area contributed by atoms with Gasteiger partial charge in [0.05, 0.1) is 9.80 Å². The van der Waals surface area contributed by atoms with E-state index in [1.807, 2.05) is 19.1 Å². The highest BCUT2D eigenvalue weighted by atomic mass is 32.1. The summed E-state index contributed by atoms with van der Waals surface area (Å²) in [6.07, 6.45) is 1.91. The molecule has 0 spiro atoms. The van der Waals surface area contributed by atoms with E-state index in [4.69, 9.17) is 0 Å². The summed E-state index contributed by atoms with van der Waals surface area (Å²) >= 11 is 1.46. The maximum atomic E-state index is 12.4. The van der Waals surface area contributed by atoms with Gasteiger partial charge in [0, 0.05) is 36.1 Å². The highest BCUT2D eigenvalue weighted by Gasteiger charge is 2.25. The molecule has 0 fully saturated rings. The average Bonchev–Trinajstić information content (AvgIpc) is 2.91. The van der Waals surface area contributed by atoms with E-state index in [0.29, 0.717) is 24.4 Å². The van der Waals surface area contributed by atoms with Gasteiger partial charge in [-0.1, -0.05) is 0 Å². The van der Waals surface area contributed by atoms with Gasteiger partial charge in [-0.15, -0.1) is 11.3 Å². The molecule has 0 unspecified atom stereocenters. The Bertz CT molecular complexity index is 726. The first kappa shape index (κ1) is 13.7. The van der Waals surface area contributed by atoms with E-state index in [2.05, 4.69) is 4.98 Å². The number of hydrogen-bond acceptors (Lipinski definition) is 5. The number of pyridine rings is 1. The van der Waals surface area contributed by atoms with Gasteiger partial charge in [0.25, 0.3) is 11.6 Å². The molecule has 1 aliphatic heterocycles. The number of carbonyl (C=O) groups is 1. The lowest BCUT2D eigenvalue weighted by molar-refractivity contribution is -0.385. The maximum Gasteiger partial charge on any atom is 0.287 e. The number of thiophene rings is 1. The fourth-order valence-corrected chi connectivity index (χ4v) is 3.23. The van der Waals surface area contributed by atoms with E-state index in [-0.39, 0.29) is 11.6 Å². The van der Waals surface area contributed by atoms with Crippen LogP contribution in [0.2, 0.25) is 0 Å². The second-order valence-corrected chi connectivity index (χ2v) is 6.23. The molecule has 0 aromatic carbocycles. The van der Waals surface area contributed by atoms with Gasteiger partial charge in [0.2, 0.25) is 0 Å². The zero-order valence-electron chi connectivity index (χ0n) is 11.4. The first-order chi connectivity index (χ1) is 10.0. The quantitative estimate of drug-likeness (QED) is 0.631. The zero-order valence-corrected chi connectivity index (χ0v) is 12.2. The molecule has 1 aliphatic rings. The Morgan fingerprint density at radius 1 is 1.48 bits per heavy atom. The third-order valence-electron chi connectivity index (χ3n) is 3.47. The third kappa shape index (κ3) is 2.64. The summed E-state index contributed by atoms with van der Waals surface area (Å²) in [5, 5.41) is 10.8. The molecule has 7 heteroatoms. The van der Waals surface area contributed by atoms with Gasteiger partial charge in [-0.2, -0.15) is 0 Å². The summed E-state index contributed by atoms with van der Waals surface area (Å²) < 4.78 is 0. The molecule has 0 aliphatic carbocycles. The van der Waals surface area contributed by atoms with Crippen molar-refractivity contribution in [2.75, 3.05) is 6.54 Å². The van der Waals surface area contributed by atoms with Crippen molar-refractivity contribution in [1.82, 2.24) is 9.88 Å². The minimum absolute atomic E-state index is 0.0229. The largest absolute Gasteiger partial charge is 0.333 e. The molecular weight excluding hydrogens is 290 g/mol. The fraction of sp³-hybridized carbons (Fsp3) is 0.286. The molecular formula is C14H13N3O3S. The molecule has 108 valence electrons. The summed E-state index contributed by atoms with van der Waals surface area (Å²) in [5.41, 5.74) is 1.57. The van der Waals surface area contributed by atoms with Crippen LogP contribution in [0.5, 0.6) is 0 Å². The topological polar surface area (TPSA) is 76.3 Å². The van der Waals surface area contributed by atoms with E-state index >= 15 is 0 Å². The highest BCUT2D eigenvalue weighted by molar-refractivity contribution is 7.13. The molecule has 3 rings (SSSR count). The lowest BCUT2D eigenvalue weighted by Gasteiger charge is -2.27. The Morgan fingerprint density at radius 3 is 2.95 bits per heavy atom. The zero-order chi connectivity index (χ0) is 15.0. The Labute approximate surface area is 125 Å². The SMILES string of the molecule is Cc1ccc(C(=O)N2CCc3ncc([N+](=O)[O-])cc3C2)s1. The maximum absolute atomic E-state index is 12.4. The van der Waals surface area contributed by atoms with Crippen molar-refractivity contribution in [3.63, 3.8) is 0 Å². The second kappa shape index (κ2) is 5.25. The van der Waals surface area contributed by atoms with Crippen LogP contribution in [0, 0.1) is 17.0 Å². The Morgan fingerprint density at radius 2 is 2.29 bits per heavy atom. The molecule has 0 radical (unpaired) electrons. The molecule has 2 aromatic rings. The van der Waals surface area contributed by atoms with Gasteiger partial charge in [-0.25, -0.2) is 0 Å². The van der Waals surface area contributed by atoms with Crippen LogP contribution >= 0.6 is 11.3 Å². The summed E-state index contributed by atoms with van der Waals surface area (Å²) in [7, 11) is 0. The molecule has 0 saturated carbocycles. The number of hydrogen-bond donors (Lipinski definition) is 0. The lowest BCUT2D eigenvalue weighted by atomic mass is 10.1. The van der Waals surface area contributed by atoms with E-state index in [1.165, 1.54) is 23.6 Å². The number of carbonyl (C=O) groups excluding carboxylic acids is 1. The van der Waals surface area contributed by atoms with Gasteiger partial charge in [-0.3, -0.25) is 19.9 Å². The number of nitro groups is 1. The summed E-state index contributed by atoms with van der Waals surface area (Å²) in [6, 6.07) is 5.26. The molecule has 21 heavy (non-hydrogen) atoms. The molecule has 6 nitrogen and oxygen atoms in total. The minimum Gasteiger partial charge on any atom is -0.333 e. The van der Waals surface area contributed by atoms with Crippen molar-refractivity contribution < 1.29 is 9.72 Å². The number of rotatable bonds is 2. The normalized spacial score (nSPS) is 13.9. The Hall–Kier alpha value is -2.28. The van der Waals surface area contributed by atoms with Crippen molar-refractivity contribution in [2.45, 2.75) is 19.9 Å². The van der Waals surface area contributed by atoms with Crippen molar-refractivity contribution in [2.24, 2.45) is 0 Å². The van der Waals surface area contributed by atoms with Gasteiger partial charge >= 0.3 is 0 Å². The summed E-state index contributed by atoms with van der Waals surface area (Å²) in [5.74, 6) is -0.0229. The first-order valence-corrected chi connectivity index (χ1v) is 7.34. The van der Waals surface area contributed by atoms with Gasteiger partial charge in [0.15, 0.2) is 0 Å². The molecule has 0 saturated heterocycles. The number of amides is 1. The van der Waals surface area contributed by atoms with Crippen molar-refractivity contribution in [3.05, 3.63) is 55.5 Å². The van der Waals surface area contributed by atoms with Crippen LogP contribution in [-0.2, 0) is 13.0 Å². The van der Waals surface area contributed by atoms with E-state index < -0.39 is 4.92 Å². The van der Waals surface area contributed by atoms with Crippen molar-refractivity contribution in [1.29, 1.82) is 0 Å². The summed E-state index contributed by atoms with van der Waals surface area (Å²) in [4.78, 5) is 30.4. The van der Waals surface area contributed by atoms with Gasteiger partial charge < -0.3 is 4.90 Å². The van der Waals surface area contributed by atoms with E-state index in [9.17, 15) is 14.9 Å². The van der Waals surface area contributed by atoms with Crippen LogP contribution in [-0.4, -0.2) is 27.3 Å². The lowest BCUT2D eigenvalue weighted by Crippen LogP contribution is -2.36. The predicted octanol–water partition coefficient (Wildman–Crippen LogP) is 2.56. The number of fused-ring (bicyclic) bond motifs is 1. The molecule has 0 N–H and O–H groups in total. The molecule has 1 amide bonds. The predicted molar refractivity (Wildman–Crippen MR) is 78.4 cm³/mol. The Balaban J connectivity index is 1.84. The van der Waals surface area contributed by atoms with Crippen LogP contribution < -0.4 is 0 Å². The Kier molecular flexibility index (Phi) is 3.42. The smallest absolute Gasteiger partial charge is 0.287 e. The molecule has 2 aromatic heterocycles. The van der Waals surface area contributed by atoms with Gasteiger partial charge in [-0.05, 0) is 24.6 Å². The number of aryl methyl sites for hydroxylation is 1. The van der Waals surface area contributed by atoms with Crippen LogP contribution in [0.25, 0.3) is 0 Å². The summed E-state index contributed by atoms with van der Waals surface area (Å²) in [6.45, 7) is 2.92. The minimum atomic E-state index is -0.462. The van der Waals surface area contributed by atoms with Crippen molar-refractivity contribution >= 4 is 22.9 Å². The van der Waals surface area contributed by atoms with Gasteiger partial charge in [0.1, 0.15) is 6.20 Å². The average molecular weight is 303 g/mol. The fourth-order valence-electron chi connectivity index (χ4n) is 2.39. The van der Waals surface area contributed by atoms with Crippen LogP contribution in [0.3, 0.4) is 0 Å². The first-order valence-electron chi connectivity index (χ1n) is 6.52. The monoisotopic (exact) mass is 303 g/mol. The standard InChI is InChI=1S/C14H13N3O3S/c1-9-2-3-13(21-9)14(18)16-5-4-12-10(8-16)6-11(7-15-12)17(19)20/h2-3,6-7H,4-5,8H2,1H3. The molecule has 0 atom stereocenters. The number of nitrogens with zero attached hydrogens (tertiary/aromatic N) is 3.